The number of carbonyl (C=O) groups is 1. The third kappa shape index (κ3) is 4.22. The van der Waals surface area contributed by atoms with Crippen molar-refractivity contribution in [2.24, 2.45) is 17.8 Å². The van der Waals surface area contributed by atoms with Crippen molar-refractivity contribution in [2.45, 2.75) is 25.5 Å². The van der Waals surface area contributed by atoms with Gasteiger partial charge in [0.1, 0.15) is 29.6 Å². The first-order valence-corrected chi connectivity index (χ1v) is 10.2. The van der Waals surface area contributed by atoms with Crippen LogP contribution in [0.4, 0.5) is 4.39 Å². The second-order valence-electron chi connectivity index (χ2n) is 7.47. The monoisotopic (exact) mass is 437 g/mol. The van der Waals surface area contributed by atoms with Crippen LogP contribution in [0.3, 0.4) is 0 Å². The van der Waals surface area contributed by atoms with Crippen LogP contribution in [-0.2, 0) is 18.3 Å². The lowest BCUT2D eigenvalue weighted by atomic mass is 10.0. The number of nitrogens with zero attached hydrogens (tertiary/aromatic N) is 5. The van der Waals surface area contributed by atoms with Crippen LogP contribution in [-0.4, -0.2) is 45.3 Å². The summed E-state index contributed by atoms with van der Waals surface area (Å²) < 4.78 is 21.7. The highest BCUT2D eigenvalue weighted by atomic mass is 19.1. The molecule has 1 aliphatic rings. The summed E-state index contributed by atoms with van der Waals surface area (Å²) >= 11 is 0. The Kier molecular flexibility index (Phi) is 6.22. The minimum absolute atomic E-state index is 0.104. The Morgan fingerprint density at radius 2 is 2.25 bits per heavy atom. The quantitative estimate of drug-likeness (QED) is 0.571. The van der Waals surface area contributed by atoms with Crippen molar-refractivity contribution >= 4 is 28.9 Å². The first-order chi connectivity index (χ1) is 15.5. The van der Waals surface area contributed by atoms with E-state index in [-0.39, 0.29) is 18.3 Å². The maximum atomic E-state index is 14.2. The van der Waals surface area contributed by atoms with E-state index in [2.05, 4.69) is 25.3 Å². The molecule has 1 amide bonds. The van der Waals surface area contributed by atoms with Crippen LogP contribution in [0.25, 0.3) is 16.7 Å². The Balaban J connectivity index is 1.58. The zero-order valence-electron chi connectivity index (χ0n) is 17.9. The summed E-state index contributed by atoms with van der Waals surface area (Å²) in [5.41, 5.74) is 8.51. The van der Waals surface area contributed by atoms with E-state index >= 15 is 0 Å². The second kappa shape index (κ2) is 9.23. The molecule has 0 saturated carbocycles. The number of benzene rings is 1. The molecule has 9 nitrogen and oxygen atoms in total. The van der Waals surface area contributed by atoms with Gasteiger partial charge in [-0.15, -0.1) is 0 Å². The molecule has 1 aromatic carbocycles. The molecule has 0 bridgehead atoms. The summed E-state index contributed by atoms with van der Waals surface area (Å²) in [6.07, 6.45) is 5.93. The summed E-state index contributed by atoms with van der Waals surface area (Å²) in [5, 5.41) is 2.80. The molecule has 0 spiro atoms. The largest absolute Gasteiger partial charge is 0.404 e. The molecule has 1 atom stereocenters. The molecule has 0 aliphatic carbocycles. The molecule has 166 valence electrons. The number of carbonyl (C=O) groups excluding carboxylic acids is 1. The molecule has 1 aliphatic heterocycles. The van der Waals surface area contributed by atoms with Gasteiger partial charge in [-0.25, -0.2) is 19.3 Å². The number of hydrogen-bond donors (Lipinski definition) is 2. The number of rotatable bonds is 6. The molecule has 32 heavy (non-hydrogen) atoms. The van der Waals surface area contributed by atoms with E-state index in [0.29, 0.717) is 34.5 Å². The molecule has 1 saturated heterocycles. The Bertz CT molecular complexity index is 1210. The van der Waals surface area contributed by atoms with Crippen LogP contribution < -0.4 is 11.1 Å². The van der Waals surface area contributed by atoms with E-state index in [4.69, 9.17) is 10.5 Å². The van der Waals surface area contributed by atoms with Gasteiger partial charge in [0.2, 0.25) is 0 Å². The van der Waals surface area contributed by atoms with E-state index in [1.165, 1.54) is 24.7 Å². The predicted octanol–water partition coefficient (Wildman–Crippen LogP) is 2.28. The molecular formula is C22H24FN7O2. The third-order valence-corrected chi connectivity index (χ3v) is 5.33. The molecule has 3 N–H and O–H groups in total. The lowest BCUT2D eigenvalue weighted by Gasteiger charge is -2.11. The first-order valence-electron chi connectivity index (χ1n) is 10.2. The molecule has 2 aromatic heterocycles. The van der Waals surface area contributed by atoms with E-state index < -0.39 is 11.7 Å². The Morgan fingerprint density at radius 1 is 1.41 bits per heavy atom. The van der Waals surface area contributed by atoms with Gasteiger partial charge in [-0.3, -0.25) is 9.79 Å². The first kappa shape index (κ1) is 21.6. The number of fused-ring (bicyclic) bond motifs is 1. The number of ether oxygens (including phenoxy) is 1. The minimum Gasteiger partial charge on any atom is -0.404 e. The maximum Gasteiger partial charge on any atom is 0.272 e. The SMILES string of the molecule is CN=CC(=CN)c1cc(F)cc(CNC(=O)c2ncnc3nc(C4CCCO4)n(C)c23)c1. The van der Waals surface area contributed by atoms with Gasteiger partial charge in [-0.2, -0.15) is 0 Å². The number of allylic oxidation sites excluding steroid dienone is 1. The van der Waals surface area contributed by atoms with Gasteiger partial charge in [-0.1, -0.05) is 0 Å². The van der Waals surface area contributed by atoms with Crippen molar-refractivity contribution in [2.75, 3.05) is 13.7 Å². The average Bonchev–Trinajstić information content (AvgIpc) is 3.43. The van der Waals surface area contributed by atoms with Gasteiger partial charge in [-0.05, 0) is 42.2 Å². The topological polar surface area (TPSA) is 120 Å². The van der Waals surface area contributed by atoms with E-state index in [1.807, 2.05) is 11.6 Å². The molecular weight excluding hydrogens is 413 g/mol. The zero-order chi connectivity index (χ0) is 22.7. The fourth-order valence-corrected chi connectivity index (χ4v) is 3.83. The maximum absolute atomic E-state index is 14.2. The number of nitrogens with two attached hydrogens (primary N) is 1. The van der Waals surface area contributed by atoms with Crippen molar-refractivity contribution in [1.82, 2.24) is 24.8 Å². The summed E-state index contributed by atoms with van der Waals surface area (Å²) in [5.74, 6) is -0.122. The molecule has 4 rings (SSSR count). The van der Waals surface area contributed by atoms with Gasteiger partial charge >= 0.3 is 0 Å². The smallest absolute Gasteiger partial charge is 0.272 e. The van der Waals surface area contributed by atoms with Crippen LogP contribution in [0, 0.1) is 5.82 Å². The summed E-state index contributed by atoms with van der Waals surface area (Å²) in [7, 11) is 3.43. The van der Waals surface area contributed by atoms with Crippen molar-refractivity contribution in [3.8, 4) is 0 Å². The predicted molar refractivity (Wildman–Crippen MR) is 118 cm³/mol. The molecule has 1 unspecified atom stereocenters. The number of halogens is 1. The third-order valence-electron chi connectivity index (χ3n) is 5.33. The van der Waals surface area contributed by atoms with E-state index in [1.54, 1.807) is 19.3 Å². The Hall–Kier alpha value is -3.66. The average molecular weight is 437 g/mol. The van der Waals surface area contributed by atoms with Gasteiger partial charge in [0.05, 0.1) is 0 Å². The van der Waals surface area contributed by atoms with Gasteiger partial charge < -0.3 is 20.4 Å². The second-order valence-corrected chi connectivity index (χ2v) is 7.47. The Labute approximate surface area is 184 Å². The summed E-state index contributed by atoms with van der Waals surface area (Å²) in [6.45, 7) is 0.792. The lowest BCUT2D eigenvalue weighted by Crippen LogP contribution is -2.25. The van der Waals surface area contributed by atoms with E-state index in [0.717, 1.165) is 18.7 Å². The van der Waals surface area contributed by atoms with Gasteiger partial charge in [0, 0.05) is 45.2 Å². The molecule has 3 aromatic rings. The van der Waals surface area contributed by atoms with Crippen molar-refractivity contribution in [3.63, 3.8) is 0 Å². The standard InChI is InChI=1S/C22H24FN7O2/c1-25-11-15(9-24)14-6-13(7-16(23)8-14)10-26-22(31)18-19-20(28-12-27-18)29-21(30(19)2)17-4-3-5-32-17/h6-9,11-12,17H,3-5,10,24H2,1-2H3,(H,26,31). The fraction of sp³-hybridized carbons (Fsp3) is 0.318. The van der Waals surface area contributed by atoms with Crippen molar-refractivity contribution < 1.29 is 13.9 Å². The molecule has 10 heteroatoms. The van der Waals surface area contributed by atoms with Gasteiger partial charge in [0.25, 0.3) is 5.91 Å². The van der Waals surface area contributed by atoms with Crippen molar-refractivity contribution in [3.05, 3.63) is 59.2 Å². The number of nitrogens with one attached hydrogen (secondary N) is 1. The number of aryl methyl sites for hydroxylation is 1. The van der Waals surface area contributed by atoms with Crippen LogP contribution in [0.5, 0.6) is 0 Å². The molecule has 0 radical (unpaired) electrons. The van der Waals surface area contributed by atoms with Crippen LogP contribution in [0.1, 0.15) is 46.4 Å². The van der Waals surface area contributed by atoms with Crippen LogP contribution in [0.15, 0.2) is 35.7 Å². The number of amides is 1. The van der Waals surface area contributed by atoms with E-state index in [9.17, 15) is 9.18 Å². The zero-order valence-corrected chi connectivity index (χ0v) is 17.9. The number of aliphatic imine (C=N–C) groups is 1. The normalized spacial score (nSPS) is 16.8. The number of aromatic nitrogens is 4. The highest BCUT2D eigenvalue weighted by Gasteiger charge is 2.26. The fourth-order valence-electron chi connectivity index (χ4n) is 3.83. The lowest BCUT2D eigenvalue weighted by molar-refractivity contribution is 0.0946. The molecule has 1 fully saturated rings. The number of hydrogen-bond acceptors (Lipinski definition) is 7. The highest BCUT2D eigenvalue weighted by molar-refractivity contribution is 6.09. The number of imidazole rings is 1. The summed E-state index contributed by atoms with van der Waals surface area (Å²) in [4.78, 5) is 29.8. The highest BCUT2D eigenvalue weighted by Crippen LogP contribution is 2.30. The van der Waals surface area contributed by atoms with Gasteiger partial charge in [0.15, 0.2) is 11.3 Å². The Morgan fingerprint density at radius 3 is 2.97 bits per heavy atom. The van der Waals surface area contributed by atoms with Crippen LogP contribution in [0.2, 0.25) is 0 Å². The summed E-state index contributed by atoms with van der Waals surface area (Å²) in [6, 6.07) is 4.47. The molecule has 3 heterocycles. The van der Waals surface area contributed by atoms with Crippen LogP contribution >= 0.6 is 0 Å². The van der Waals surface area contributed by atoms with Crippen molar-refractivity contribution in [1.29, 1.82) is 0 Å². The minimum atomic E-state index is -0.437.